The molecule has 0 saturated carbocycles. The third-order valence-electron chi connectivity index (χ3n) is 5.48. The zero-order valence-electron chi connectivity index (χ0n) is 20.8. The minimum atomic E-state index is -3.80. The van der Waals surface area contributed by atoms with Crippen LogP contribution in [0.25, 0.3) is 0 Å². The second kappa shape index (κ2) is 13.3. The molecule has 0 aliphatic carbocycles. The van der Waals surface area contributed by atoms with Crippen molar-refractivity contribution in [2.45, 2.75) is 58.7 Å². The van der Waals surface area contributed by atoms with Crippen molar-refractivity contribution in [3.8, 4) is 0 Å². The molecule has 2 aromatic rings. The number of para-hydroxylation sites is 1. The zero-order valence-corrected chi connectivity index (χ0v) is 23.1. The molecule has 0 bridgehead atoms. The molecule has 7 nitrogen and oxygen atoms in total. The van der Waals surface area contributed by atoms with Crippen molar-refractivity contribution in [1.29, 1.82) is 0 Å². The summed E-state index contributed by atoms with van der Waals surface area (Å²) < 4.78 is 39.9. The third kappa shape index (κ3) is 8.08. The van der Waals surface area contributed by atoms with Gasteiger partial charge in [-0.3, -0.25) is 13.9 Å². The van der Waals surface area contributed by atoms with E-state index in [2.05, 4.69) is 5.32 Å². The van der Waals surface area contributed by atoms with Crippen molar-refractivity contribution in [2.24, 2.45) is 0 Å². The van der Waals surface area contributed by atoms with E-state index < -0.39 is 21.9 Å². The van der Waals surface area contributed by atoms with Gasteiger partial charge < -0.3 is 10.2 Å². The van der Waals surface area contributed by atoms with Gasteiger partial charge in [0.15, 0.2) is 0 Å². The molecule has 0 radical (unpaired) electrons. The monoisotopic (exact) mass is 559 g/mol. The van der Waals surface area contributed by atoms with Gasteiger partial charge in [0.2, 0.25) is 21.8 Å². The molecule has 11 heteroatoms. The SMILES string of the molecule is CC[C@@H](C(=O)NC(C)C)N(Cc1c(Cl)cccc1Cl)C(=O)CCCN(c1ccccc1F)S(C)(=O)=O. The van der Waals surface area contributed by atoms with Crippen LogP contribution in [-0.2, 0) is 26.2 Å². The number of sulfonamides is 1. The highest BCUT2D eigenvalue weighted by molar-refractivity contribution is 7.92. The predicted octanol–water partition coefficient (Wildman–Crippen LogP) is 5.01. The van der Waals surface area contributed by atoms with Gasteiger partial charge >= 0.3 is 0 Å². The molecule has 0 aromatic heterocycles. The molecule has 2 aromatic carbocycles. The standard InChI is InChI=1S/C25H32Cl2FN3O4S/c1-5-22(25(33)29-17(2)3)30(16-18-19(26)10-8-11-20(18)27)24(32)14-9-15-31(36(4,34)35)23-13-7-6-12-21(23)28/h6-8,10-13,17,22H,5,9,14-16H2,1-4H3,(H,29,33)/t22-/m0/s1. The van der Waals surface area contributed by atoms with E-state index in [4.69, 9.17) is 23.2 Å². The normalized spacial score (nSPS) is 12.3. The van der Waals surface area contributed by atoms with Crippen molar-refractivity contribution in [1.82, 2.24) is 10.2 Å². The fourth-order valence-electron chi connectivity index (χ4n) is 3.79. The zero-order chi connectivity index (χ0) is 27.0. The summed E-state index contributed by atoms with van der Waals surface area (Å²) in [5.41, 5.74) is 0.420. The predicted molar refractivity (Wildman–Crippen MR) is 142 cm³/mol. The van der Waals surface area contributed by atoms with Gasteiger partial charge in [0.25, 0.3) is 0 Å². The fraction of sp³-hybridized carbons (Fsp3) is 0.440. The number of halogens is 3. The van der Waals surface area contributed by atoms with Gasteiger partial charge in [-0.15, -0.1) is 0 Å². The molecule has 0 saturated heterocycles. The summed E-state index contributed by atoms with van der Waals surface area (Å²) in [4.78, 5) is 27.8. The van der Waals surface area contributed by atoms with Crippen LogP contribution in [0, 0.1) is 5.82 Å². The third-order valence-corrected chi connectivity index (χ3v) is 7.37. The number of rotatable bonds is 12. The van der Waals surface area contributed by atoms with E-state index >= 15 is 0 Å². The van der Waals surface area contributed by atoms with Crippen LogP contribution in [0.15, 0.2) is 42.5 Å². The molecule has 1 N–H and O–H groups in total. The molecule has 2 amide bonds. The maximum Gasteiger partial charge on any atom is 0.243 e. The molecule has 0 spiro atoms. The van der Waals surface area contributed by atoms with Crippen LogP contribution in [0.1, 0.15) is 45.6 Å². The molecule has 2 rings (SSSR count). The minimum Gasteiger partial charge on any atom is -0.352 e. The molecular weight excluding hydrogens is 528 g/mol. The van der Waals surface area contributed by atoms with E-state index in [1.54, 1.807) is 25.1 Å². The first-order chi connectivity index (χ1) is 16.9. The lowest BCUT2D eigenvalue weighted by atomic mass is 10.1. The van der Waals surface area contributed by atoms with Crippen LogP contribution in [0.2, 0.25) is 10.0 Å². The van der Waals surface area contributed by atoms with E-state index in [9.17, 15) is 22.4 Å². The Balaban J connectivity index is 2.29. The lowest BCUT2D eigenvalue weighted by Gasteiger charge is -2.32. The van der Waals surface area contributed by atoms with Crippen molar-refractivity contribution < 1.29 is 22.4 Å². The maximum atomic E-state index is 14.3. The van der Waals surface area contributed by atoms with E-state index in [0.717, 1.165) is 10.6 Å². The minimum absolute atomic E-state index is 0.00443. The number of hydrogen-bond acceptors (Lipinski definition) is 4. The number of nitrogens with one attached hydrogen (secondary N) is 1. The van der Waals surface area contributed by atoms with Crippen LogP contribution in [-0.4, -0.2) is 50.0 Å². The molecule has 1 atom stereocenters. The highest BCUT2D eigenvalue weighted by Gasteiger charge is 2.30. The van der Waals surface area contributed by atoms with Crippen LogP contribution in [0.3, 0.4) is 0 Å². The van der Waals surface area contributed by atoms with Crippen LogP contribution < -0.4 is 9.62 Å². The highest BCUT2D eigenvalue weighted by atomic mass is 35.5. The Labute approximate surface area is 222 Å². The van der Waals surface area contributed by atoms with Gasteiger partial charge in [0.1, 0.15) is 11.9 Å². The second-order valence-corrected chi connectivity index (χ2v) is 11.4. The number of carbonyl (C=O) groups excluding carboxylic acids is 2. The number of hydrogen-bond donors (Lipinski definition) is 1. The molecule has 0 aliphatic heterocycles. The summed E-state index contributed by atoms with van der Waals surface area (Å²) in [5.74, 6) is -1.37. The smallest absolute Gasteiger partial charge is 0.243 e. The van der Waals surface area contributed by atoms with E-state index in [1.807, 2.05) is 13.8 Å². The van der Waals surface area contributed by atoms with Crippen LogP contribution in [0.5, 0.6) is 0 Å². The number of benzene rings is 2. The summed E-state index contributed by atoms with van der Waals surface area (Å²) in [6.45, 7) is 5.34. The second-order valence-electron chi connectivity index (χ2n) is 8.70. The average Bonchev–Trinajstić information content (AvgIpc) is 2.77. The van der Waals surface area contributed by atoms with E-state index in [1.165, 1.54) is 29.2 Å². The van der Waals surface area contributed by atoms with Gasteiger partial charge in [0.05, 0.1) is 11.9 Å². The van der Waals surface area contributed by atoms with Crippen molar-refractivity contribution in [3.63, 3.8) is 0 Å². The van der Waals surface area contributed by atoms with Gasteiger partial charge in [0, 0.05) is 41.2 Å². The Bertz CT molecular complexity index is 1160. The molecule has 0 unspecified atom stereocenters. The Kier molecular flexibility index (Phi) is 11.0. The molecule has 0 fully saturated rings. The van der Waals surface area contributed by atoms with Crippen LogP contribution in [0.4, 0.5) is 10.1 Å². The number of carbonyl (C=O) groups is 2. The summed E-state index contributed by atoms with van der Waals surface area (Å²) in [5, 5.41) is 3.56. The number of nitrogens with zero attached hydrogens (tertiary/aromatic N) is 2. The Morgan fingerprint density at radius 3 is 2.19 bits per heavy atom. The first-order valence-electron chi connectivity index (χ1n) is 11.6. The largest absolute Gasteiger partial charge is 0.352 e. The topological polar surface area (TPSA) is 86.8 Å². The fourth-order valence-corrected chi connectivity index (χ4v) is 5.27. The highest BCUT2D eigenvalue weighted by Crippen LogP contribution is 2.28. The summed E-state index contributed by atoms with van der Waals surface area (Å²) in [6.07, 6.45) is 1.36. The van der Waals surface area contributed by atoms with Crippen molar-refractivity contribution in [3.05, 3.63) is 63.9 Å². The van der Waals surface area contributed by atoms with Gasteiger partial charge in [-0.2, -0.15) is 0 Å². The number of anilines is 1. The Morgan fingerprint density at radius 1 is 1.06 bits per heavy atom. The summed E-state index contributed by atoms with van der Waals surface area (Å²) in [7, 11) is -3.80. The first-order valence-corrected chi connectivity index (χ1v) is 14.2. The number of amides is 2. The molecule has 0 aliphatic rings. The summed E-state index contributed by atoms with van der Waals surface area (Å²) in [6, 6.07) is 9.62. The average molecular weight is 561 g/mol. The molecule has 198 valence electrons. The first kappa shape index (κ1) is 29.9. The van der Waals surface area contributed by atoms with E-state index in [-0.39, 0.29) is 49.5 Å². The van der Waals surface area contributed by atoms with Crippen LogP contribution >= 0.6 is 23.2 Å². The van der Waals surface area contributed by atoms with Crippen molar-refractivity contribution in [2.75, 3.05) is 17.1 Å². The quantitative estimate of drug-likeness (QED) is 0.396. The maximum absolute atomic E-state index is 14.3. The molecular formula is C25H32Cl2FN3O4S. The van der Waals surface area contributed by atoms with Gasteiger partial charge in [-0.1, -0.05) is 48.3 Å². The van der Waals surface area contributed by atoms with Gasteiger partial charge in [-0.25, -0.2) is 12.8 Å². The Morgan fingerprint density at radius 2 is 1.67 bits per heavy atom. The van der Waals surface area contributed by atoms with Crippen molar-refractivity contribution >= 4 is 50.7 Å². The van der Waals surface area contributed by atoms with Gasteiger partial charge in [-0.05, 0) is 51.0 Å². The lowest BCUT2D eigenvalue weighted by Crippen LogP contribution is -2.50. The summed E-state index contributed by atoms with van der Waals surface area (Å²) >= 11 is 12.7. The Hall–Kier alpha value is -2.36. The molecule has 0 heterocycles. The molecule has 36 heavy (non-hydrogen) atoms. The van der Waals surface area contributed by atoms with E-state index in [0.29, 0.717) is 22.0 Å². The lowest BCUT2D eigenvalue weighted by molar-refractivity contribution is -0.141.